The van der Waals surface area contributed by atoms with E-state index in [0.29, 0.717) is 5.06 Å². The molecule has 0 atom stereocenters. The molecule has 0 saturated carbocycles. The Kier molecular flexibility index (Phi) is 3.42. The van der Waals surface area contributed by atoms with E-state index in [2.05, 4.69) is 0 Å². The van der Waals surface area contributed by atoms with Crippen LogP contribution in [0.25, 0.3) is 6.08 Å². The third kappa shape index (κ3) is 3.03. The molecule has 0 radical (unpaired) electrons. The predicted octanol–water partition coefficient (Wildman–Crippen LogP) is 1.86. The largest absolute Gasteiger partial charge is 0.286 e. The Morgan fingerprint density at radius 1 is 1.36 bits per heavy atom. The lowest BCUT2D eigenvalue weighted by atomic mass is 10.1. The number of hydrogen-bond donors (Lipinski definition) is 1. The molecule has 74 valence electrons. The molecule has 0 fully saturated rings. The zero-order valence-electron chi connectivity index (χ0n) is 8.27. The zero-order valence-corrected chi connectivity index (χ0v) is 8.27. The Balaban J connectivity index is 2.69. The third-order valence-electron chi connectivity index (χ3n) is 1.81. The van der Waals surface area contributed by atoms with Crippen molar-refractivity contribution in [3.8, 4) is 0 Å². The van der Waals surface area contributed by atoms with Gasteiger partial charge >= 0.3 is 0 Å². The van der Waals surface area contributed by atoms with Crippen LogP contribution in [-0.4, -0.2) is 23.2 Å². The highest BCUT2D eigenvalue weighted by molar-refractivity contribution is 5.90. The molecule has 0 aliphatic rings. The minimum atomic E-state index is -0.439. The predicted molar refractivity (Wildman–Crippen MR) is 54.8 cm³/mol. The number of carbonyl (C=O) groups is 1. The van der Waals surface area contributed by atoms with Crippen LogP contribution in [0.3, 0.4) is 0 Å². The first kappa shape index (κ1) is 10.5. The summed E-state index contributed by atoms with van der Waals surface area (Å²) in [5.41, 5.74) is 2.11. The number of amides is 1. The highest BCUT2D eigenvalue weighted by Crippen LogP contribution is 2.04. The van der Waals surface area contributed by atoms with Crippen molar-refractivity contribution in [3.05, 3.63) is 41.5 Å². The summed E-state index contributed by atoms with van der Waals surface area (Å²) in [7, 11) is 1.29. The molecule has 3 nitrogen and oxygen atoms in total. The van der Waals surface area contributed by atoms with Crippen LogP contribution >= 0.6 is 0 Å². The van der Waals surface area contributed by atoms with Gasteiger partial charge in [-0.15, -0.1) is 0 Å². The first-order valence-electron chi connectivity index (χ1n) is 4.31. The molecular formula is C11H13NO2. The summed E-state index contributed by atoms with van der Waals surface area (Å²) in [6.07, 6.45) is 2.99. The maximum Gasteiger partial charge on any atom is 0.269 e. The van der Waals surface area contributed by atoms with Crippen molar-refractivity contribution < 1.29 is 10.0 Å². The Bertz CT molecular complexity index is 339. The number of benzene rings is 1. The van der Waals surface area contributed by atoms with Gasteiger partial charge in [0, 0.05) is 13.1 Å². The molecule has 14 heavy (non-hydrogen) atoms. The molecule has 1 aromatic carbocycles. The fourth-order valence-electron chi connectivity index (χ4n) is 0.953. The summed E-state index contributed by atoms with van der Waals surface area (Å²) >= 11 is 0. The van der Waals surface area contributed by atoms with Crippen LogP contribution in [0.4, 0.5) is 0 Å². The summed E-state index contributed by atoms with van der Waals surface area (Å²) in [6.45, 7) is 2.00. The molecule has 0 saturated heterocycles. The molecule has 1 N–H and O–H groups in total. The van der Waals surface area contributed by atoms with Gasteiger partial charge in [0.2, 0.25) is 0 Å². The molecule has 0 unspecified atom stereocenters. The second kappa shape index (κ2) is 4.58. The lowest BCUT2D eigenvalue weighted by Gasteiger charge is -2.02. The maximum atomic E-state index is 11.0. The first-order chi connectivity index (χ1) is 6.59. The first-order valence-corrected chi connectivity index (χ1v) is 4.31. The maximum absolute atomic E-state index is 11.0. The number of likely N-dealkylation sites (N-methyl/N-ethyl adjacent to an activating group) is 1. The fraction of sp³-hybridized carbons (Fsp3) is 0.182. The van der Waals surface area contributed by atoms with Gasteiger partial charge in [-0.1, -0.05) is 29.8 Å². The second-order valence-electron chi connectivity index (χ2n) is 3.11. The van der Waals surface area contributed by atoms with Crippen LogP contribution in [0.5, 0.6) is 0 Å². The molecule has 1 aromatic rings. The topological polar surface area (TPSA) is 40.5 Å². The Morgan fingerprint density at radius 2 is 1.93 bits per heavy atom. The Hall–Kier alpha value is -1.61. The van der Waals surface area contributed by atoms with E-state index in [-0.39, 0.29) is 0 Å². The molecule has 0 aromatic heterocycles. The van der Waals surface area contributed by atoms with Crippen molar-refractivity contribution in [1.29, 1.82) is 0 Å². The van der Waals surface area contributed by atoms with E-state index in [4.69, 9.17) is 5.21 Å². The van der Waals surface area contributed by atoms with Crippen LogP contribution < -0.4 is 0 Å². The summed E-state index contributed by atoms with van der Waals surface area (Å²) in [6, 6.07) is 7.76. The van der Waals surface area contributed by atoms with E-state index in [1.165, 1.54) is 18.7 Å². The van der Waals surface area contributed by atoms with Gasteiger partial charge in [-0.25, -0.2) is 5.06 Å². The van der Waals surface area contributed by atoms with Gasteiger partial charge in [-0.05, 0) is 18.6 Å². The molecule has 0 aliphatic carbocycles. The van der Waals surface area contributed by atoms with Gasteiger partial charge in [-0.3, -0.25) is 10.0 Å². The number of nitrogens with zero attached hydrogens (tertiary/aromatic N) is 1. The van der Waals surface area contributed by atoms with E-state index in [1.807, 2.05) is 31.2 Å². The normalized spacial score (nSPS) is 10.5. The molecule has 0 bridgehead atoms. The van der Waals surface area contributed by atoms with Gasteiger partial charge < -0.3 is 0 Å². The van der Waals surface area contributed by atoms with Gasteiger partial charge in [-0.2, -0.15) is 0 Å². The van der Waals surface area contributed by atoms with Crippen LogP contribution in [0, 0.1) is 6.92 Å². The minimum absolute atomic E-state index is 0.439. The number of rotatable bonds is 2. The highest BCUT2D eigenvalue weighted by Gasteiger charge is 1.98. The molecule has 0 aliphatic heterocycles. The molecule has 3 heteroatoms. The van der Waals surface area contributed by atoms with Crippen LogP contribution in [-0.2, 0) is 4.79 Å². The SMILES string of the molecule is Cc1ccc(C=CC(=O)N(C)O)cc1. The van der Waals surface area contributed by atoms with Crippen molar-refractivity contribution >= 4 is 12.0 Å². The summed E-state index contributed by atoms with van der Waals surface area (Å²) < 4.78 is 0. The van der Waals surface area contributed by atoms with Crippen molar-refractivity contribution in [2.24, 2.45) is 0 Å². The van der Waals surface area contributed by atoms with E-state index in [1.54, 1.807) is 6.08 Å². The Labute approximate surface area is 83.2 Å². The number of aryl methyl sites for hydroxylation is 1. The third-order valence-corrected chi connectivity index (χ3v) is 1.81. The van der Waals surface area contributed by atoms with Crippen molar-refractivity contribution in [2.45, 2.75) is 6.92 Å². The van der Waals surface area contributed by atoms with Gasteiger partial charge in [0.05, 0.1) is 0 Å². The molecule has 1 rings (SSSR count). The quantitative estimate of drug-likeness (QED) is 0.440. The number of hydrogen-bond acceptors (Lipinski definition) is 2. The molecule has 0 spiro atoms. The average molecular weight is 191 g/mol. The monoisotopic (exact) mass is 191 g/mol. The fourth-order valence-corrected chi connectivity index (χ4v) is 0.953. The summed E-state index contributed by atoms with van der Waals surface area (Å²) in [4.78, 5) is 11.0. The molecular weight excluding hydrogens is 178 g/mol. The summed E-state index contributed by atoms with van der Waals surface area (Å²) in [5.74, 6) is -0.439. The van der Waals surface area contributed by atoms with Crippen molar-refractivity contribution in [3.63, 3.8) is 0 Å². The minimum Gasteiger partial charge on any atom is -0.286 e. The molecule has 1 amide bonds. The zero-order chi connectivity index (χ0) is 10.6. The second-order valence-corrected chi connectivity index (χ2v) is 3.11. The van der Waals surface area contributed by atoms with Crippen LogP contribution in [0.15, 0.2) is 30.3 Å². The van der Waals surface area contributed by atoms with E-state index in [9.17, 15) is 4.79 Å². The van der Waals surface area contributed by atoms with Crippen molar-refractivity contribution in [1.82, 2.24) is 5.06 Å². The standard InChI is InChI=1S/C11H13NO2/c1-9-3-5-10(6-4-9)7-8-11(13)12(2)14/h3-8,14H,1-2H3. The van der Waals surface area contributed by atoms with Gasteiger partial charge in [0.15, 0.2) is 0 Å². The highest BCUT2D eigenvalue weighted by atomic mass is 16.5. The van der Waals surface area contributed by atoms with E-state index >= 15 is 0 Å². The molecule has 0 heterocycles. The number of hydroxylamine groups is 2. The smallest absolute Gasteiger partial charge is 0.269 e. The lowest BCUT2D eigenvalue weighted by Crippen LogP contribution is -2.19. The average Bonchev–Trinajstić information content (AvgIpc) is 2.16. The van der Waals surface area contributed by atoms with Crippen molar-refractivity contribution in [2.75, 3.05) is 7.05 Å². The Morgan fingerprint density at radius 3 is 2.43 bits per heavy atom. The lowest BCUT2D eigenvalue weighted by molar-refractivity contribution is -0.153. The van der Waals surface area contributed by atoms with Gasteiger partial charge in [0.25, 0.3) is 5.91 Å². The van der Waals surface area contributed by atoms with Crippen LogP contribution in [0.2, 0.25) is 0 Å². The number of carbonyl (C=O) groups excluding carboxylic acids is 1. The summed E-state index contributed by atoms with van der Waals surface area (Å²) in [5, 5.41) is 9.32. The van der Waals surface area contributed by atoms with E-state index in [0.717, 1.165) is 5.56 Å². The van der Waals surface area contributed by atoms with E-state index < -0.39 is 5.91 Å². The van der Waals surface area contributed by atoms with Gasteiger partial charge in [0.1, 0.15) is 0 Å². The van der Waals surface area contributed by atoms with Crippen LogP contribution in [0.1, 0.15) is 11.1 Å².